The van der Waals surface area contributed by atoms with Crippen LogP contribution in [0.15, 0.2) is 40.3 Å². The van der Waals surface area contributed by atoms with Gasteiger partial charge in [0.25, 0.3) is 0 Å². The average molecular weight is 276 g/mol. The van der Waals surface area contributed by atoms with Crippen molar-refractivity contribution in [1.29, 1.82) is 0 Å². The molecule has 1 heterocycles. The minimum atomic E-state index is 0.0325. The Labute approximate surface area is 118 Å². The van der Waals surface area contributed by atoms with E-state index in [0.29, 0.717) is 0 Å². The van der Waals surface area contributed by atoms with Crippen molar-refractivity contribution >= 4 is 11.8 Å². The molecule has 0 fully saturated rings. The Bertz CT molecular complexity index is 522. The van der Waals surface area contributed by atoms with E-state index in [2.05, 4.69) is 24.0 Å². The largest absolute Gasteiger partial charge is 0.390 e. The summed E-state index contributed by atoms with van der Waals surface area (Å²) in [4.78, 5) is 5.83. The van der Waals surface area contributed by atoms with Crippen LogP contribution in [0.25, 0.3) is 0 Å². The van der Waals surface area contributed by atoms with Crippen LogP contribution in [-0.4, -0.2) is 14.7 Å². The van der Waals surface area contributed by atoms with Gasteiger partial charge in [0, 0.05) is 18.4 Å². The standard InChI is InChI=1S/C15H20N2OS/c1-3-4-10-14-16-15(13(11-18)17(14)2)19-12-8-6-5-7-9-12/h5-9,18H,3-4,10-11H2,1-2H3. The fourth-order valence-corrected chi connectivity index (χ4v) is 2.96. The lowest BCUT2D eigenvalue weighted by atomic mass is 10.2. The molecule has 0 aliphatic heterocycles. The third kappa shape index (κ3) is 3.39. The first-order valence-electron chi connectivity index (χ1n) is 6.64. The Balaban J connectivity index is 2.24. The topological polar surface area (TPSA) is 38.1 Å². The molecule has 1 N–H and O–H groups in total. The van der Waals surface area contributed by atoms with E-state index in [9.17, 15) is 5.11 Å². The predicted molar refractivity (Wildman–Crippen MR) is 78.3 cm³/mol. The van der Waals surface area contributed by atoms with Crippen molar-refractivity contribution in [1.82, 2.24) is 9.55 Å². The van der Waals surface area contributed by atoms with Crippen molar-refractivity contribution in [3.63, 3.8) is 0 Å². The summed E-state index contributed by atoms with van der Waals surface area (Å²) < 4.78 is 2.03. The number of aliphatic hydroxyl groups excluding tert-OH is 1. The van der Waals surface area contributed by atoms with E-state index in [4.69, 9.17) is 0 Å². The lowest BCUT2D eigenvalue weighted by Crippen LogP contribution is -2.02. The van der Waals surface area contributed by atoms with Crippen molar-refractivity contribution < 1.29 is 5.11 Å². The summed E-state index contributed by atoms with van der Waals surface area (Å²) in [5.41, 5.74) is 0.903. The van der Waals surface area contributed by atoms with Gasteiger partial charge in [-0.2, -0.15) is 0 Å². The molecule has 0 saturated heterocycles. The summed E-state index contributed by atoms with van der Waals surface area (Å²) in [6.07, 6.45) is 3.25. The Kier molecular flexibility index (Phi) is 5.05. The molecule has 1 aromatic carbocycles. The molecule has 0 unspecified atom stereocenters. The molecular weight excluding hydrogens is 256 g/mol. The first-order valence-corrected chi connectivity index (χ1v) is 7.46. The molecule has 0 bridgehead atoms. The molecule has 0 aliphatic carbocycles. The lowest BCUT2D eigenvalue weighted by molar-refractivity contribution is 0.269. The summed E-state index contributed by atoms with van der Waals surface area (Å²) in [5, 5.41) is 10.5. The summed E-state index contributed by atoms with van der Waals surface area (Å²) in [6, 6.07) is 10.2. The number of aryl methyl sites for hydroxylation is 1. The van der Waals surface area contributed by atoms with Gasteiger partial charge < -0.3 is 9.67 Å². The number of hydrogen-bond donors (Lipinski definition) is 1. The zero-order chi connectivity index (χ0) is 13.7. The molecule has 3 nitrogen and oxygen atoms in total. The van der Waals surface area contributed by atoms with Crippen molar-refractivity contribution in [2.24, 2.45) is 7.05 Å². The number of unbranched alkanes of at least 4 members (excludes halogenated alkanes) is 1. The van der Waals surface area contributed by atoms with Crippen LogP contribution in [0, 0.1) is 0 Å². The lowest BCUT2D eigenvalue weighted by Gasteiger charge is -2.03. The van der Waals surface area contributed by atoms with Crippen LogP contribution in [0.1, 0.15) is 31.3 Å². The van der Waals surface area contributed by atoms with Gasteiger partial charge >= 0.3 is 0 Å². The minimum absolute atomic E-state index is 0.0325. The molecule has 0 saturated carbocycles. The van der Waals surface area contributed by atoms with Gasteiger partial charge in [-0.15, -0.1) is 0 Å². The highest BCUT2D eigenvalue weighted by molar-refractivity contribution is 7.99. The third-order valence-electron chi connectivity index (χ3n) is 3.13. The minimum Gasteiger partial charge on any atom is -0.390 e. The highest BCUT2D eigenvalue weighted by Gasteiger charge is 2.14. The fourth-order valence-electron chi connectivity index (χ4n) is 1.97. The van der Waals surface area contributed by atoms with E-state index in [1.807, 2.05) is 29.8 Å². The number of rotatable bonds is 6. The van der Waals surface area contributed by atoms with Crippen LogP contribution in [0.5, 0.6) is 0 Å². The second kappa shape index (κ2) is 6.78. The van der Waals surface area contributed by atoms with Gasteiger partial charge in [-0.3, -0.25) is 0 Å². The van der Waals surface area contributed by atoms with Crippen LogP contribution in [0.2, 0.25) is 0 Å². The second-order valence-corrected chi connectivity index (χ2v) is 5.58. The summed E-state index contributed by atoms with van der Waals surface area (Å²) in [7, 11) is 1.98. The van der Waals surface area contributed by atoms with Crippen molar-refractivity contribution in [2.45, 2.75) is 42.7 Å². The molecule has 1 aromatic heterocycles. The number of imidazole rings is 1. The van der Waals surface area contributed by atoms with Crippen LogP contribution in [-0.2, 0) is 20.1 Å². The Morgan fingerprint density at radius 2 is 2.00 bits per heavy atom. The maximum absolute atomic E-state index is 9.54. The van der Waals surface area contributed by atoms with Gasteiger partial charge in [-0.25, -0.2) is 4.98 Å². The highest BCUT2D eigenvalue weighted by atomic mass is 32.2. The third-order valence-corrected chi connectivity index (χ3v) is 4.16. The summed E-state index contributed by atoms with van der Waals surface area (Å²) >= 11 is 1.62. The van der Waals surface area contributed by atoms with Gasteiger partial charge in [0.1, 0.15) is 10.9 Å². The van der Waals surface area contributed by atoms with E-state index in [-0.39, 0.29) is 6.61 Å². The molecule has 2 rings (SSSR count). The molecule has 0 amide bonds. The molecule has 19 heavy (non-hydrogen) atoms. The SMILES string of the molecule is CCCCc1nc(Sc2ccccc2)c(CO)n1C. The molecule has 0 aliphatic rings. The number of hydrogen-bond acceptors (Lipinski definition) is 3. The molecular formula is C15H20N2OS. The number of nitrogens with zero attached hydrogens (tertiary/aromatic N) is 2. The number of aliphatic hydroxyl groups is 1. The van der Waals surface area contributed by atoms with Crippen LogP contribution < -0.4 is 0 Å². The maximum Gasteiger partial charge on any atom is 0.125 e. The Morgan fingerprint density at radius 1 is 1.26 bits per heavy atom. The van der Waals surface area contributed by atoms with E-state index in [1.165, 1.54) is 0 Å². The highest BCUT2D eigenvalue weighted by Crippen LogP contribution is 2.30. The molecule has 0 radical (unpaired) electrons. The van der Waals surface area contributed by atoms with Crippen molar-refractivity contribution in [3.8, 4) is 0 Å². The van der Waals surface area contributed by atoms with E-state index in [0.717, 1.165) is 40.7 Å². The molecule has 2 aromatic rings. The maximum atomic E-state index is 9.54. The molecule has 4 heteroatoms. The van der Waals surface area contributed by atoms with Gasteiger partial charge in [0.15, 0.2) is 0 Å². The zero-order valence-electron chi connectivity index (χ0n) is 11.5. The first-order chi connectivity index (χ1) is 9.26. The van der Waals surface area contributed by atoms with Crippen LogP contribution >= 0.6 is 11.8 Å². The van der Waals surface area contributed by atoms with Crippen molar-refractivity contribution in [2.75, 3.05) is 0 Å². The molecule has 102 valence electrons. The summed E-state index contributed by atoms with van der Waals surface area (Å²) in [6.45, 7) is 2.21. The van der Waals surface area contributed by atoms with E-state index < -0.39 is 0 Å². The zero-order valence-corrected chi connectivity index (χ0v) is 12.3. The van der Waals surface area contributed by atoms with E-state index in [1.54, 1.807) is 11.8 Å². The van der Waals surface area contributed by atoms with Gasteiger partial charge in [0.2, 0.25) is 0 Å². The van der Waals surface area contributed by atoms with Crippen molar-refractivity contribution in [3.05, 3.63) is 41.9 Å². The van der Waals surface area contributed by atoms with Gasteiger partial charge in [0.05, 0.1) is 12.3 Å². The molecule has 0 atom stereocenters. The first kappa shape index (κ1) is 14.2. The second-order valence-electron chi connectivity index (χ2n) is 4.52. The Morgan fingerprint density at radius 3 is 2.63 bits per heavy atom. The van der Waals surface area contributed by atoms with Crippen LogP contribution in [0.3, 0.4) is 0 Å². The monoisotopic (exact) mass is 276 g/mol. The van der Waals surface area contributed by atoms with Gasteiger partial charge in [-0.1, -0.05) is 43.3 Å². The quantitative estimate of drug-likeness (QED) is 0.878. The van der Waals surface area contributed by atoms with Crippen LogP contribution in [0.4, 0.5) is 0 Å². The Hall–Kier alpha value is -1.26. The predicted octanol–water partition coefficient (Wildman–Crippen LogP) is 3.41. The molecule has 0 spiro atoms. The number of benzene rings is 1. The van der Waals surface area contributed by atoms with Gasteiger partial charge in [-0.05, 0) is 18.6 Å². The van der Waals surface area contributed by atoms with E-state index >= 15 is 0 Å². The average Bonchev–Trinajstić information content (AvgIpc) is 2.73. The smallest absolute Gasteiger partial charge is 0.125 e. The normalized spacial score (nSPS) is 10.9. The number of aromatic nitrogens is 2. The fraction of sp³-hybridized carbons (Fsp3) is 0.400. The summed E-state index contributed by atoms with van der Waals surface area (Å²) in [5.74, 6) is 1.06.